The number of nitrogens with one attached hydrogen (secondary N) is 1. The zero-order valence-corrected chi connectivity index (χ0v) is 14.8. The van der Waals surface area contributed by atoms with E-state index in [0.717, 1.165) is 41.7 Å². The highest BCUT2D eigenvalue weighted by atomic mass is 33.1. The molecule has 0 saturated carbocycles. The summed E-state index contributed by atoms with van der Waals surface area (Å²) in [4.78, 5) is 12.1. The van der Waals surface area contributed by atoms with Crippen molar-refractivity contribution >= 4 is 33.2 Å². The molecule has 0 aromatic heterocycles. The molecule has 3 rings (SSSR count). The van der Waals surface area contributed by atoms with Crippen LogP contribution in [0, 0.1) is 0 Å². The number of hydrogen-bond donors (Lipinski definition) is 1. The molecule has 1 aromatic carbocycles. The minimum atomic E-state index is 0.0768. The molecule has 6 heteroatoms. The molecule has 1 aromatic rings. The molecule has 126 valence electrons. The van der Waals surface area contributed by atoms with E-state index < -0.39 is 0 Å². The standard InChI is InChI=1S/C17H23NO3S2/c19-17(5-2-1-4-14-8-11-22-23-14)18-13-6-7-15-16(12-13)21-10-3-9-20-15/h6-7,12,14H,1-5,8-11H2,(H,18,19). The molecule has 4 nitrogen and oxygen atoms in total. The van der Waals surface area contributed by atoms with E-state index in [1.165, 1.54) is 18.6 Å². The number of carbonyl (C=O) groups is 1. The van der Waals surface area contributed by atoms with E-state index in [-0.39, 0.29) is 5.91 Å². The third-order valence-electron chi connectivity index (χ3n) is 3.94. The Morgan fingerprint density at radius 1 is 1.22 bits per heavy atom. The summed E-state index contributed by atoms with van der Waals surface area (Å²) in [7, 11) is 3.99. The molecule has 2 aliphatic heterocycles. The summed E-state index contributed by atoms with van der Waals surface area (Å²) in [5.74, 6) is 2.83. The zero-order chi connectivity index (χ0) is 15.9. The number of hydrogen-bond acceptors (Lipinski definition) is 5. The van der Waals surface area contributed by atoms with Gasteiger partial charge in [-0.1, -0.05) is 28.0 Å². The zero-order valence-electron chi connectivity index (χ0n) is 13.2. The van der Waals surface area contributed by atoms with Gasteiger partial charge in [-0.3, -0.25) is 4.79 Å². The van der Waals surface area contributed by atoms with Crippen molar-refractivity contribution in [2.75, 3.05) is 24.3 Å². The van der Waals surface area contributed by atoms with Crippen LogP contribution in [0.15, 0.2) is 18.2 Å². The number of fused-ring (bicyclic) bond motifs is 1. The van der Waals surface area contributed by atoms with Crippen molar-refractivity contribution in [1.29, 1.82) is 0 Å². The number of rotatable bonds is 6. The van der Waals surface area contributed by atoms with Gasteiger partial charge in [0.15, 0.2) is 11.5 Å². The van der Waals surface area contributed by atoms with Crippen LogP contribution in [-0.4, -0.2) is 30.1 Å². The summed E-state index contributed by atoms with van der Waals surface area (Å²) in [5, 5.41) is 3.75. The maximum atomic E-state index is 12.1. The molecular weight excluding hydrogens is 330 g/mol. The van der Waals surface area contributed by atoms with Crippen LogP contribution >= 0.6 is 21.6 Å². The van der Waals surface area contributed by atoms with Gasteiger partial charge in [0.2, 0.25) is 5.91 Å². The fourth-order valence-corrected chi connectivity index (χ4v) is 5.71. The lowest BCUT2D eigenvalue weighted by Gasteiger charge is -2.11. The number of benzene rings is 1. The Morgan fingerprint density at radius 3 is 2.91 bits per heavy atom. The van der Waals surface area contributed by atoms with Gasteiger partial charge in [-0.05, 0) is 31.4 Å². The molecule has 2 aliphatic rings. The van der Waals surface area contributed by atoms with Crippen molar-refractivity contribution < 1.29 is 14.3 Å². The molecule has 1 saturated heterocycles. The highest BCUT2D eigenvalue weighted by molar-refractivity contribution is 8.77. The molecule has 1 amide bonds. The second-order valence-electron chi connectivity index (χ2n) is 5.83. The van der Waals surface area contributed by atoms with Crippen molar-refractivity contribution in [2.45, 2.75) is 43.8 Å². The van der Waals surface area contributed by atoms with Crippen LogP contribution in [0.2, 0.25) is 0 Å². The monoisotopic (exact) mass is 353 g/mol. The Kier molecular flexibility index (Phi) is 6.39. The summed E-state index contributed by atoms with van der Waals surface area (Å²) >= 11 is 0. The first-order valence-corrected chi connectivity index (χ1v) is 10.7. The van der Waals surface area contributed by atoms with Gasteiger partial charge in [0.1, 0.15) is 0 Å². The first-order valence-electron chi connectivity index (χ1n) is 8.29. The molecule has 0 radical (unpaired) electrons. The van der Waals surface area contributed by atoms with Gasteiger partial charge in [0.25, 0.3) is 0 Å². The number of amides is 1. The molecule has 23 heavy (non-hydrogen) atoms. The minimum Gasteiger partial charge on any atom is -0.490 e. The second kappa shape index (κ2) is 8.73. The van der Waals surface area contributed by atoms with E-state index in [9.17, 15) is 4.79 Å². The van der Waals surface area contributed by atoms with Crippen molar-refractivity contribution in [1.82, 2.24) is 0 Å². The first kappa shape index (κ1) is 16.8. The third-order valence-corrected chi connectivity index (χ3v) is 6.95. The van der Waals surface area contributed by atoms with Crippen LogP contribution in [-0.2, 0) is 4.79 Å². The molecule has 1 atom stereocenters. The lowest BCUT2D eigenvalue weighted by molar-refractivity contribution is -0.116. The molecule has 1 unspecified atom stereocenters. The SMILES string of the molecule is O=C(CCCCC1CCSS1)Nc1ccc2c(c1)OCCCO2. The third kappa shape index (κ3) is 5.24. The molecule has 0 spiro atoms. The Balaban J connectivity index is 1.41. The van der Waals surface area contributed by atoms with Crippen molar-refractivity contribution in [2.24, 2.45) is 0 Å². The Hall–Kier alpha value is -1.01. The van der Waals surface area contributed by atoms with Gasteiger partial charge >= 0.3 is 0 Å². The average Bonchev–Trinajstić information content (AvgIpc) is 2.96. The van der Waals surface area contributed by atoms with Crippen LogP contribution in [0.4, 0.5) is 5.69 Å². The maximum absolute atomic E-state index is 12.1. The van der Waals surface area contributed by atoms with E-state index in [1.54, 1.807) is 0 Å². The number of anilines is 1. The lowest BCUT2D eigenvalue weighted by atomic mass is 10.1. The van der Waals surface area contributed by atoms with Gasteiger partial charge in [0.05, 0.1) is 13.2 Å². The quantitative estimate of drug-likeness (QED) is 0.603. The van der Waals surface area contributed by atoms with E-state index in [2.05, 4.69) is 5.32 Å². The van der Waals surface area contributed by atoms with Gasteiger partial charge in [-0.15, -0.1) is 0 Å². The van der Waals surface area contributed by atoms with Crippen LogP contribution in [0.5, 0.6) is 11.5 Å². The predicted molar refractivity (Wildman–Crippen MR) is 97.6 cm³/mol. The minimum absolute atomic E-state index is 0.0768. The number of carbonyl (C=O) groups excluding carboxylic acids is 1. The highest BCUT2D eigenvalue weighted by Gasteiger charge is 2.16. The van der Waals surface area contributed by atoms with Crippen molar-refractivity contribution in [3.8, 4) is 11.5 Å². The first-order chi connectivity index (χ1) is 11.3. The molecule has 1 N–H and O–H groups in total. The summed E-state index contributed by atoms with van der Waals surface area (Å²) in [6, 6.07) is 5.59. The van der Waals surface area contributed by atoms with E-state index >= 15 is 0 Å². The lowest BCUT2D eigenvalue weighted by Crippen LogP contribution is -2.11. The summed E-state index contributed by atoms with van der Waals surface area (Å²) in [6.07, 6.45) is 6.10. The van der Waals surface area contributed by atoms with Crippen LogP contribution in [0.25, 0.3) is 0 Å². The largest absolute Gasteiger partial charge is 0.490 e. The molecule has 0 bridgehead atoms. The highest BCUT2D eigenvalue weighted by Crippen LogP contribution is 2.40. The van der Waals surface area contributed by atoms with Gasteiger partial charge in [-0.25, -0.2) is 0 Å². The average molecular weight is 354 g/mol. The van der Waals surface area contributed by atoms with Gasteiger partial charge in [-0.2, -0.15) is 0 Å². The Bertz CT molecular complexity index is 533. The molecule has 2 heterocycles. The number of ether oxygens (including phenoxy) is 2. The second-order valence-corrected chi connectivity index (χ2v) is 8.62. The summed E-state index contributed by atoms with van der Waals surface area (Å²) in [5.41, 5.74) is 0.780. The molecular formula is C17H23NO3S2. The fourth-order valence-electron chi connectivity index (χ4n) is 2.69. The Labute approximate surface area is 145 Å². The summed E-state index contributed by atoms with van der Waals surface area (Å²) < 4.78 is 11.2. The van der Waals surface area contributed by atoms with Crippen LogP contribution < -0.4 is 14.8 Å². The Morgan fingerprint density at radius 2 is 2.09 bits per heavy atom. The fraction of sp³-hybridized carbons (Fsp3) is 0.588. The van der Waals surface area contributed by atoms with Crippen molar-refractivity contribution in [3.05, 3.63) is 18.2 Å². The molecule has 1 fully saturated rings. The molecule has 0 aliphatic carbocycles. The smallest absolute Gasteiger partial charge is 0.224 e. The summed E-state index contributed by atoms with van der Waals surface area (Å²) in [6.45, 7) is 1.33. The predicted octanol–water partition coefficient (Wildman–Crippen LogP) is 4.50. The van der Waals surface area contributed by atoms with Gasteiger partial charge in [0, 0.05) is 35.6 Å². The van der Waals surface area contributed by atoms with Crippen LogP contribution in [0.1, 0.15) is 38.5 Å². The topological polar surface area (TPSA) is 47.6 Å². The van der Waals surface area contributed by atoms with Crippen LogP contribution in [0.3, 0.4) is 0 Å². The van der Waals surface area contributed by atoms with E-state index in [1.807, 2.05) is 39.8 Å². The van der Waals surface area contributed by atoms with E-state index in [4.69, 9.17) is 9.47 Å². The number of unbranched alkanes of at least 4 members (excludes halogenated alkanes) is 1. The van der Waals surface area contributed by atoms with Gasteiger partial charge < -0.3 is 14.8 Å². The maximum Gasteiger partial charge on any atom is 0.224 e. The normalized spacial score (nSPS) is 20.1. The van der Waals surface area contributed by atoms with E-state index in [0.29, 0.717) is 19.6 Å². The van der Waals surface area contributed by atoms with Crippen molar-refractivity contribution in [3.63, 3.8) is 0 Å².